The van der Waals surface area contributed by atoms with Gasteiger partial charge >= 0.3 is 0 Å². The number of benzene rings is 2. The maximum atomic E-state index is 12.9. The molecule has 2 heterocycles. The molecule has 0 saturated heterocycles. The molecule has 0 fully saturated rings. The molecule has 0 radical (unpaired) electrons. The summed E-state index contributed by atoms with van der Waals surface area (Å²) in [6.45, 7) is 4.57. The number of rotatable bonds is 8. The van der Waals surface area contributed by atoms with Gasteiger partial charge in [-0.25, -0.2) is 0 Å². The van der Waals surface area contributed by atoms with Crippen LogP contribution in [0, 0.1) is 0 Å². The van der Waals surface area contributed by atoms with Gasteiger partial charge in [0, 0.05) is 22.7 Å². The zero-order valence-electron chi connectivity index (χ0n) is 16.3. The summed E-state index contributed by atoms with van der Waals surface area (Å²) in [6, 6.07) is 13.6. The van der Waals surface area contributed by atoms with E-state index in [9.17, 15) is 4.79 Å². The Balaban J connectivity index is 1.56. The summed E-state index contributed by atoms with van der Waals surface area (Å²) in [6.07, 6.45) is 2.70. The van der Waals surface area contributed by atoms with Crippen LogP contribution in [-0.4, -0.2) is 43.3 Å². The molecule has 8 heteroatoms. The van der Waals surface area contributed by atoms with Crippen molar-refractivity contribution in [2.45, 2.75) is 25.4 Å². The number of para-hydroxylation sites is 3. The van der Waals surface area contributed by atoms with Gasteiger partial charge in [-0.1, -0.05) is 49.0 Å². The molecule has 0 atom stereocenters. The molecule has 148 valence electrons. The molecule has 4 rings (SSSR count). The van der Waals surface area contributed by atoms with Gasteiger partial charge in [0.15, 0.2) is 5.78 Å². The lowest BCUT2D eigenvalue weighted by Gasteiger charge is -2.10. The fourth-order valence-corrected chi connectivity index (χ4v) is 4.05. The third kappa shape index (κ3) is 3.75. The van der Waals surface area contributed by atoms with Crippen molar-refractivity contribution >= 4 is 28.4 Å². The Kier molecular flexibility index (Phi) is 5.62. The van der Waals surface area contributed by atoms with E-state index in [1.807, 2.05) is 43.3 Å². The third-order valence-corrected chi connectivity index (χ3v) is 5.57. The van der Waals surface area contributed by atoms with Gasteiger partial charge in [0.25, 0.3) is 0 Å². The Morgan fingerprint density at radius 3 is 2.86 bits per heavy atom. The first-order chi connectivity index (χ1) is 14.2. The number of hydrogen-bond acceptors (Lipinski definition) is 6. The lowest BCUT2D eigenvalue weighted by atomic mass is 10.1. The lowest BCUT2D eigenvalue weighted by molar-refractivity contribution is 0.102. The second-order valence-electron chi connectivity index (χ2n) is 6.38. The van der Waals surface area contributed by atoms with Crippen molar-refractivity contribution in [3.05, 3.63) is 59.8 Å². The fourth-order valence-electron chi connectivity index (χ4n) is 3.28. The molecule has 29 heavy (non-hydrogen) atoms. The average molecular weight is 407 g/mol. The van der Waals surface area contributed by atoms with E-state index in [2.05, 4.69) is 33.5 Å². The van der Waals surface area contributed by atoms with Crippen LogP contribution < -0.4 is 4.74 Å². The first-order valence-corrected chi connectivity index (χ1v) is 10.5. The Morgan fingerprint density at radius 2 is 2.03 bits per heavy atom. The van der Waals surface area contributed by atoms with Gasteiger partial charge in [0.05, 0.1) is 12.4 Å². The molecule has 0 unspecified atom stereocenters. The summed E-state index contributed by atoms with van der Waals surface area (Å²) in [5.41, 5.74) is 3.66. The largest absolute Gasteiger partial charge is 0.492 e. The fraction of sp³-hybridized carbons (Fsp3) is 0.238. The number of nitrogens with one attached hydrogen (secondary N) is 1. The molecule has 0 aliphatic carbocycles. The summed E-state index contributed by atoms with van der Waals surface area (Å²) >= 11 is 1.31. The molecule has 0 saturated carbocycles. The molecule has 0 spiro atoms. The van der Waals surface area contributed by atoms with E-state index in [-0.39, 0.29) is 11.5 Å². The van der Waals surface area contributed by atoms with Crippen molar-refractivity contribution < 1.29 is 9.53 Å². The van der Waals surface area contributed by atoms with Crippen molar-refractivity contribution in [3.63, 3.8) is 0 Å². The normalized spacial score (nSPS) is 11.1. The molecule has 0 amide bonds. The van der Waals surface area contributed by atoms with Crippen LogP contribution >= 0.6 is 11.8 Å². The predicted molar refractivity (Wildman–Crippen MR) is 113 cm³/mol. The third-order valence-electron chi connectivity index (χ3n) is 4.65. The highest BCUT2D eigenvalue weighted by atomic mass is 32.2. The Bertz CT molecular complexity index is 1150. The predicted octanol–water partition coefficient (Wildman–Crippen LogP) is 4.08. The zero-order chi connectivity index (χ0) is 20.2. The number of carbonyl (C=O) groups excluding carboxylic acids is 1. The highest BCUT2D eigenvalue weighted by Crippen LogP contribution is 2.28. The summed E-state index contributed by atoms with van der Waals surface area (Å²) in [5.74, 6) is 0.960. The van der Waals surface area contributed by atoms with Gasteiger partial charge in [-0.15, -0.1) is 5.10 Å². The maximum Gasteiger partial charge on any atom is 0.214 e. The first-order valence-electron chi connectivity index (χ1n) is 9.48. The molecule has 0 aliphatic heterocycles. The smallest absolute Gasteiger partial charge is 0.214 e. The Hall–Kier alpha value is -3.13. The lowest BCUT2D eigenvalue weighted by Crippen LogP contribution is -2.06. The summed E-state index contributed by atoms with van der Waals surface area (Å²) in [7, 11) is 0. The number of ether oxygens (including phenoxy) is 1. The number of hydrogen-bond donors (Lipinski definition) is 1. The maximum absolute atomic E-state index is 12.9. The quantitative estimate of drug-likeness (QED) is 0.350. The van der Waals surface area contributed by atoms with E-state index in [1.165, 1.54) is 17.3 Å². The van der Waals surface area contributed by atoms with E-state index in [4.69, 9.17) is 4.74 Å². The highest BCUT2D eigenvalue weighted by Gasteiger charge is 2.18. The second-order valence-corrected chi connectivity index (χ2v) is 7.32. The molecule has 2 aromatic heterocycles. The number of fused-ring (bicyclic) bond motifs is 1. The molecular formula is C21H21N5O2S. The van der Waals surface area contributed by atoms with Crippen LogP contribution in [-0.2, 0) is 6.42 Å². The monoisotopic (exact) mass is 407 g/mol. The molecule has 1 N–H and O–H groups in total. The van der Waals surface area contributed by atoms with Crippen LogP contribution in [0.3, 0.4) is 0 Å². The first kappa shape index (κ1) is 19.2. The summed E-state index contributed by atoms with van der Waals surface area (Å²) in [5, 5.41) is 13.4. The number of H-pyrrole nitrogens is 1. The number of carbonyl (C=O) groups is 1. The van der Waals surface area contributed by atoms with E-state index in [0.717, 1.165) is 23.0 Å². The second kappa shape index (κ2) is 8.48. The van der Waals surface area contributed by atoms with Crippen molar-refractivity contribution in [2.75, 3.05) is 12.4 Å². The molecule has 0 aliphatic rings. The molecule has 0 bridgehead atoms. The zero-order valence-corrected chi connectivity index (χ0v) is 17.1. The highest BCUT2D eigenvalue weighted by molar-refractivity contribution is 7.99. The Labute approximate surface area is 172 Å². The van der Waals surface area contributed by atoms with E-state index >= 15 is 0 Å². The van der Waals surface area contributed by atoms with Crippen molar-refractivity contribution in [2.24, 2.45) is 0 Å². The van der Waals surface area contributed by atoms with Crippen LogP contribution in [0.5, 0.6) is 5.75 Å². The molecule has 2 aromatic carbocycles. The van der Waals surface area contributed by atoms with Gasteiger partial charge in [-0.3, -0.25) is 4.79 Å². The topological polar surface area (TPSA) is 85.7 Å². The van der Waals surface area contributed by atoms with Crippen molar-refractivity contribution in [3.8, 4) is 11.4 Å². The van der Waals surface area contributed by atoms with Crippen molar-refractivity contribution in [1.82, 2.24) is 25.2 Å². The van der Waals surface area contributed by atoms with Crippen LogP contribution in [0.4, 0.5) is 0 Å². The van der Waals surface area contributed by atoms with Crippen LogP contribution in [0.2, 0.25) is 0 Å². The molecular weight excluding hydrogens is 386 g/mol. The van der Waals surface area contributed by atoms with Crippen molar-refractivity contribution in [1.29, 1.82) is 0 Å². The van der Waals surface area contributed by atoms with Gasteiger partial charge < -0.3 is 9.72 Å². The number of tetrazole rings is 1. The standard InChI is InChI=1S/C21H21N5O2S/c1-3-14-8-7-9-15-16(12-22-20(14)15)18(27)13-29-21-23-24-25-26(21)17-10-5-6-11-19(17)28-4-2/h5-12,22H,3-4,13H2,1-2H3. The number of nitrogens with zero attached hydrogens (tertiary/aromatic N) is 4. The van der Waals surface area contributed by atoms with Crippen LogP contribution in [0.15, 0.2) is 53.8 Å². The number of aryl methyl sites for hydroxylation is 1. The van der Waals surface area contributed by atoms with Gasteiger partial charge in [-0.05, 0) is 41.5 Å². The van der Waals surface area contributed by atoms with Gasteiger partial charge in [0.2, 0.25) is 5.16 Å². The molecule has 4 aromatic rings. The number of ketones is 1. The minimum atomic E-state index is 0.0298. The molecule has 7 nitrogen and oxygen atoms in total. The number of Topliss-reactive ketones (excluding diaryl/α,β-unsaturated/α-hetero) is 1. The van der Waals surface area contributed by atoms with E-state index in [0.29, 0.717) is 23.1 Å². The van der Waals surface area contributed by atoms with Crippen LogP contribution in [0.25, 0.3) is 16.6 Å². The number of aromatic nitrogens is 5. The van der Waals surface area contributed by atoms with E-state index in [1.54, 1.807) is 10.9 Å². The summed E-state index contributed by atoms with van der Waals surface area (Å²) in [4.78, 5) is 16.1. The van der Waals surface area contributed by atoms with Crippen LogP contribution in [0.1, 0.15) is 29.8 Å². The average Bonchev–Trinajstić information content (AvgIpc) is 3.39. The SMILES string of the molecule is CCOc1ccccc1-n1nnnc1SCC(=O)c1c[nH]c2c(CC)cccc12. The van der Waals surface area contributed by atoms with E-state index < -0.39 is 0 Å². The number of aromatic amines is 1. The van der Waals surface area contributed by atoms with Gasteiger partial charge in [-0.2, -0.15) is 4.68 Å². The minimum Gasteiger partial charge on any atom is -0.492 e. The Morgan fingerprint density at radius 1 is 1.17 bits per heavy atom. The summed E-state index contributed by atoms with van der Waals surface area (Å²) < 4.78 is 7.28. The van der Waals surface area contributed by atoms with Gasteiger partial charge in [0.1, 0.15) is 11.4 Å². The number of thioether (sulfide) groups is 1. The minimum absolute atomic E-state index is 0.0298.